The van der Waals surface area contributed by atoms with Crippen molar-refractivity contribution >= 4 is 11.6 Å². The van der Waals surface area contributed by atoms with Crippen LogP contribution in [0, 0.1) is 6.92 Å². The molecule has 0 atom stereocenters. The number of benzene rings is 3. The summed E-state index contributed by atoms with van der Waals surface area (Å²) in [6.45, 7) is 2.88. The highest BCUT2D eigenvalue weighted by Gasteiger charge is 2.06. The van der Waals surface area contributed by atoms with E-state index in [1.165, 1.54) is 0 Å². The van der Waals surface area contributed by atoms with Crippen LogP contribution in [0.2, 0.25) is 0 Å². The van der Waals surface area contributed by atoms with Gasteiger partial charge < -0.3 is 14.8 Å². The zero-order valence-corrected chi connectivity index (χ0v) is 14.6. The molecule has 0 bridgehead atoms. The predicted octanol–water partition coefficient (Wildman–Crippen LogP) is 4.71. The molecule has 0 saturated heterocycles. The van der Waals surface area contributed by atoms with Crippen molar-refractivity contribution in [1.82, 2.24) is 0 Å². The van der Waals surface area contributed by atoms with Gasteiger partial charge in [-0.2, -0.15) is 0 Å². The van der Waals surface area contributed by atoms with Crippen molar-refractivity contribution in [2.24, 2.45) is 0 Å². The fraction of sp³-hybridized carbons (Fsp3) is 0.136. The topological polar surface area (TPSA) is 47.6 Å². The van der Waals surface area contributed by atoms with E-state index in [-0.39, 0.29) is 5.91 Å². The summed E-state index contributed by atoms with van der Waals surface area (Å²) in [6, 6.07) is 24.4. The molecule has 0 saturated carbocycles. The molecule has 1 N–H and O–H groups in total. The standard InChI is InChI=1S/C22H21NO3/c1-17-6-5-7-18(16-17)22(24)23-19-10-12-21(13-11-19)26-15-14-25-20-8-3-2-4-9-20/h2-13,16H,14-15H2,1H3,(H,23,24). The second-order valence-corrected chi connectivity index (χ2v) is 5.86. The van der Waals surface area contributed by atoms with E-state index >= 15 is 0 Å². The van der Waals surface area contributed by atoms with Crippen molar-refractivity contribution in [1.29, 1.82) is 0 Å². The molecule has 26 heavy (non-hydrogen) atoms. The summed E-state index contributed by atoms with van der Waals surface area (Å²) < 4.78 is 11.2. The van der Waals surface area contributed by atoms with E-state index in [9.17, 15) is 4.79 Å². The first-order valence-corrected chi connectivity index (χ1v) is 8.49. The number of carbonyl (C=O) groups is 1. The second kappa shape index (κ2) is 8.72. The maximum Gasteiger partial charge on any atom is 0.255 e. The summed E-state index contributed by atoms with van der Waals surface area (Å²) in [6.07, 6.45) is 0. The fourth-order valence-corrected chi connectivity index (χ4v) is 2.46. The summed E-state index contributed by atoms with van der Waals surface area (Å²) in [4.78, 5) is 12.2. The van der Waals surface area contributed by atoms with E-state index in [0.717, 1.165) is 22.7 Å². The Balaban J connectivity index is 1.46. The predicted molar refractivity (Wildman–Crippen MR) is 103 cm³/mol. The molecule has 0 aliphatic rings. The lowest BCUT2D eigenvalue weighted by Crippen LogP contribution is -2.12. The molecule has 0 heterocycles. The average molecular weight is 347 g/mol. The lowest BCUT2D eigenvalue weighted by atomic mass is 10.1. The average Bonchev–Trinajstić information content (AvgIpc) is 2.67. The maximum atomic E-state index is 12.2. The molecule has 4 nitrogen and oxygen atoms in total. The maximum absolute atomic E-state index is 12.2. The van der Waals surface area contributed by atoms with Gasteiger partial charge in [0.15, 0.2) is 0 Å². The third-order valence-electron chi connectivity index (χ3n) is 3.76. The molecule has 0 unspecified atom stereocenters. The van der Waals surface area contributed by atoms with Crippen LogP contribution in [0.5, 0.6) is 11.5 Å². The first-order valence-electron chi connectivity index (χ1n) is 8.49. The number of amides is 1. The Morgan fingerprint density at radius 1 is 0.808 bits per heavy atom. The summed E-state index contributed by atoms with van der Waals surface area (Å²) in [7, 11) is 0. The molecular formula is C22H21NO3. The molecule has 3 aromatic rings. The molecule has 0 aromatic heterocycles. The number of ether oxygens (including phenoxy) is 2. The summed E-state index contributed by atoms with van der Waals surface area (Å²) in [5.74, 6) is 1.43. The molecular weight excluding hydrogens is 326 g/mol. The number of hydrogen-bond donors (Lipinski definition) is 1. The van der Waals surface area contributed by atoms with Crippen molar-refractivity contribution in [2.75, 3.05) is 18.5 Å². The molecule has 4 heteroatoms. The number of para-hydroxylation sites is 1. The molecule has 3 rings (SSSR count). The normalized spacial score (nSPS) is 10.2. The lowest BCUT2D eigenvalue weighted by Gasteiger charge is -2.10. The minimum atomic E-state index is -0.126. The van der Waals surface area contributed by atoms with E-state index in [1.54, 1.807) is 6.07 Å². The van der Waals surface area contributed by atoms with Crippen LogP contribution >= 0.6 is 0 Å². The van der Waals surface area contributed by atoms with Crippen molar-refractivity contribution in [3.05, 3.63) is 90.0 Å². The van der Waals surface area contributed by atoms with Gasteiger partial charge in [0.2, 0.25) is 0 Å². The zero-order chi connectivity index (χ0) is 18.2. The van der Waals surface area contributed by atoms with Crippen molar-refractivity contribution in [2.45, 2.75) is 6.92 Å². The Bertz CT molecular complexity index is 845. The van der Waals surface area contributed by atoms with Gasteiger partial charge in [0, 0.05) is 11.3 Å². The molecule has 1 amide bonds. The fourth-order valence-electron chi connectivity index (χ4n) is 2.46. The molecule has 132 valence electrons. The van der Waals surface area contributed by atoms with Gasteiger partial charge in [-0.3, -0.25) is 4.79 Å². The van der Waals surface area contributed by atoms with E-state index in [1.807, 2.05) is 79.7 Å². The van der Waals surface area contributed by atoms with Gasteiger partial charge in [-0.15, -0.1) is 0 Å². The molecule has 0 aliphatic carbocycles. The van der Waals surface area contributed by atoms with Crippen LogP contribution < -0.4 is 14.8 Å². The largest absolute Gasteiger partial charge is 0.490 e. The summed E-state index contributed by atoms with van der Waals surface area (Å²) >= 11 is 0. The lowest BCUT2D eigenvalue weighted by molar-refractivity contribution is 0.102. The highest BCUT2D eigenvalue weighted by Crippen LogP contribution is 2.17. The van der Waals surface area contributed by atoms with E-state index in [4.69, 9.17) is 9.47 Å². The summed E-state index contributed by atoms with van der Waals surface area (Å²) in [5, 5.41) is 2.88. The minimum Gasteiger partial charge on any atom is -0.490 e. The zero-order valence-electron chi connectivity index (χ0n) is 14.6. The molecule has 0 fully saturated rings. The van der Waals surface area contributed by atoms with Gasteiger partial charge >= 0.3 is 0 Å². The van der Waals surface area contributed by atoms with Gasteiger partial charge in [-0.25, -0.2) is 0 Å². The monoisotopic (exact) mass is 347 g/mol. The Labute approximate surface area is 153 Å². The Hall–Kier alpha value is -3.27. The first kappa shape index (κ1) is 17.5. The minimum absolute atomic E-state index is 0.126. The van der Waals surface area contributed by atoms with E-state index < -0.39 is 0 Å². The van der Waals surface area contributed by atoms with Crippen LogP contribution in [0.15, 0.2) is 78.9 Å². The first-order chi connectivity index (χ1) is 12.7. The number of anilines is 1. The van der Waals surface area contributed by atoms with Crippen molar-refractivity contribution < 1.29 is 14.3 Å². The molecule has 0 spiro atoms. The Kier molecular flexibility index (Phi) is 5.88. The number of carbonyl (C=O) groups excluding carboxylic acids is 1. The van der Waals surface area contributed by atoms with E-state index in [0.29, 0.717) is 18.8 Å². The van der Waals surface area contributed by atoms with Crippen LogP contribution in [0.3, 0.4) is 0 Å². The van der Waals surface area contributed by atoms with Crippen LogP contribution in [-0.2, 0) is 0 Å². The van der Waals surface area contributed by atoms with Gasteiger partial charge in [-0.05, 0) is 55.5 Å². The third kappa shape index (κ3) is 5.11. The van der Waals surface area contributed by atoms with Crippen LogP contribution in [0.4, 0.5) is 5.69 Å². The van der Waals surface area contributed by atoms with Crippen LogP contribution in [-0.4, -0.2) is 19.1 Å². The van der Waals surface area contributed by atoms with E-state index in [2.05, 4.69) is 5.32 Å². The van der Waals surface area contributed by atoms with Crippen LogP contribution in [0.25, 0.3) is 0 Å². The van der Waals surface area contributed by atoms with Gasteiger partial charge in [0.25, 0.3) is 5.91 Å². The molecule has 0 radical (unpaired) electrons. The highest BCUT2D eigenvalue weighted by atomic mass is 16.5. The molecule has 0 aliphatic heterocycles. The quantitative estimate of drug-likeness (QED) is 0.630. The van der Waals surface area contributed by atoms with Crippen molar-refractivity contribution in [3.63, 3.8) is 0 Å². The van der Waals surface area contributed by atoms with Gasteiger partial charge in [0.1, 0.15) is 24.7 Å². The Morgan fingerprint density at radius 3 is 2.12 bits per heavy atom. The van der Waals surface area contributed by atoms with Gasteiger partial charge in [-0.1, -0.05) is 35.9 Å². The third-order valence-corrected chi connectivity index (χ3v) is 3.76. The second-order valence-electron chi connectivity index (χ2n) is 5.86. The number of nitrogens with one attached hydrogen (secondary N) is 1. The van der Waals surface area contributed by atoms with Crippen molar-refractivity contribution in [3.8, 4) is 11.5 Å². The number of rotatable bonds is 7. The summed E-state index contributed by atoms with van der Waals surface area (Å²) in [5.41, 5.74) is 2.42. The van der Waals surface area contributed by atoms with Gasteiger partial charge in [0.05, 0.1) is 0 Å². The SMILES string of the molecule is Cc1cccc(C(=O)Nc2ccc(OCCOc3ccccc3)cc2)c1. The molecule has 3 aromatic carbocycles. The highest BCUT2D eigenvalue weighted by molar-refractivity contribution is 6.04. The Morgan fingerprint density at radius 2 is 1.46 bits per heavy atom. The number of aryl methyl sites for hydroxylation is 1. The van der Waals surface area contributed by atoms with Crippen LogP contribution in [0.1, 0.15) is 15.9 Å². The smallest absolute Gasteiger partial charge is 0.255 e. The number of hydrogen-bond acceptors (Lipinski definition) is 3.